The molecule has 16 heavy (non-hydrogen) atoms. The Bertz CT molecular complexity index is 555. The molecular formula is C13H11NO2. The van der Waals surface area contributed by atoms with Gasteiger partial charge < -0.3 is 9.84 Å². The molecule has 1 aliphatic rings. The standard InChI is InChI=1S/C13H11NO2/c15-11-7-8-14(9-11)13-6-5-10-3-1-2-4-12(10)16-13/h1-4,6-9,15H,5H2. The van der Waals surface area contributed by atoms with Crippen molar-refractivity contribution in [1.29, 1.82) is 0 Å². The smallest absolute Gasteiger partial charge is 0.200 e. The third-order valence-electron chi connectivity index (χ3n) is 2.62. The van der Waals surface area contributed by atoms with Gasteiger partial charge in [0.25, 0.3) is 0 Å². The molecule has 80 valence electrons. The lowest BCUT2D eigenvalue weighted by Crippen LogP contribution is -2.08. The number of benzene rings is 1. The van der Waals surface area contributed by atoms with Crippen LogP contribution in [0.1, 0.15) is 5.56 Å². The Morgan fingerprint density at radius 3 is 2.88 bits per heavy atom. The maximum absolute atomic E-state index is 9.28. The molecule has 0 bridgehead atoms. The number of aromatic hydroxyl groups is 1. The van der Waals surface area contributed by atoms with Crippen LogP contribution in [0.3, 0.4) is 0 Å². The lowest BCUT2D eigenvalue weighted by Gasteiger charge is -2.18. The minimum atomic E-state index is 0.239. The zero-order chi connectivity index (χ0) is 11.0. The number of allylic oxidation sites excluding steroid dienone is 1. The quantitative estimate of drug-likeness (QED) is 0.790. The topological polar surface area (TPSA) is 34.4 Å². The second-order valence-electron chi connectivity index (χ2n) is 3.73. The molecule has 0 aliphatic carbocycles. The Morgan fingerprint density at radius 2 is 2.06 bits per heavy atom. The monoisotopic (exact) mass is 213 g/mol. The van der Waals surface area contributed by atoms with Crippen molar-refractivity contribution in [2.75, 3.05) is 0 Å². The van der Waals surface area contributed by atoms with Gasteiger partial charge in [0.05, 0.1) is 6.20 Å². The number of hydrogen-bond acceptors (Lipinski definition) is 2. The van der Waals surface area contributed by atoms with Gasteiger partial charge in [-0.3, -0.25) is 4.57 Å². The Balaban J connectivity index is 1.95. The minimum absolute atomic E-state index is 0.239. The first kappa shape index (κ1) is 9.09. The van der Waals surface area contributed by atoms with E-state index < -0.39 is 0 Å². The molecule has 0 amide bonds. The highest BCUT2D eigenvalue weighted by Crippen LogP contribution is 2.28. The summed E-state index contributed by atoms with van der Waals surface area (Å²) in [7, 11) is 0. The van der Waals surface area contributed by atoms with Crippen molar-refractivity contribution in [3.05, 3.63) is 54.4 Å². The molecule has 0 fully saturated rings. The number of rotatable bonds is 1. The lowest BCUT2D eigenvalue weighted by atomic mass is 10.1. The lowest BCUT2D eigenvalue weighted by molar-refractivity contribution is 0.456. The molecule has 0 saturated heterocycles. The highest BCUT2D eigenvalue weighted by atomic mass is 16.5. The Labute approximate surface area is 93.2 Å². The average Bonchev–Trinajstić information content (AvgIpc) is 2.75. The van der Waals surface area contributed by atoms with Crippen LogP contribution in [0.2, 0.25) is 0 Å². The molecular weight excluding hydrogens is 202 g/mol. The van der Waals surface area contributed by atoms with E-state index in [-0.39, 0.29) is 5.75 Å². The average molecular weight is 213 g/mol. The van der Waals surface area contributed by atoms with E-state index in [1.54, 1.807) is 23.0 Å². The van der Waals surface area contributed by atoms with Gasteiger partial charge in [-0.1, -0.05) is 18.2 Å². The van der Waals surface area contributed by atoms with E-state index >= 15 is 0 Å². The van der Waals surface area contributed by atoms with Crippen molar-refractivity contribution < 1.29 is 9.84 Å². The van der Waals surface area contributed by atoms with E-state index in [1.165, 1.54) is 5.56 Å². The Morgan fingerprint density at radius 1 is 1.19 bits per heavy atom. The fourth-order valence-corrected chi connectivity index (χ4v) is 1.80. The molecule has 0 saturated carbocycles. The van der Waals surface area contributed by atoms with Crippen LogP contribution >= 0.6 is 0 Å². The molecule has 0 radical (unpaired) electrons. The number of aromatic nitrogens is 1. The predicted molar refractivity (Wildman–Crippen MR) is 61.1 cm³/mol. The summed E-state index contributed by atoms with van der Waals surface area (Å²) in [5.41, 5.74) is 1.18. The molecule has 1 N–H and O–H groups in total. The van der Waals surface area contributed by atoms with E-state index in [9.17, 15) is 5.11 Å². The largest absolute Gasteiger partial charge is 0.506 e. The highest BCUT2D eigenvalue weighted by Gasteiger charge is 2.12. The number of nitrogens with zero attached hydrogens (tertiary/aromatic N) is 1. The normalized spacial score (nSPS) is 13.9. The number of hydrogen-bond donors (Lipinski definition) is 1. The summed E-state index contributed by atoms with van der Waals surface area (Å²) >= 11 is 0. The van der Waals surface area contributed by atoms with E-state index in [2.05, 4.69) is 6.07 Å². The summed E-state index contributed by atoms with van der Waals surface area (Å²) in [5.74, 6) is 1.86. The van der Waals surface area contributed by atoms with Crippen molar-refractivity contribution in [2.45, 2.75) is 6.42 Å². The summed E-state index contributed by atoms with van der Waals surface area (Å²) in [6.07, 6.45) is 6.25. The van der Waals surface area contributed by atoms with Crippen molar-refractivity contribution in [3.8, 4) is 11.5 Å². The fourth-order valence-electron chi connectivity index (χ4n) is 1.80. The number of fused-ring (bicyclic) bond motifs is 1. The third-order valence-corrected chi connectivity index (χ3v) is 2.62. The zero-order valence-corrected chi connectivity index (χ0v) is 8.63. The molecule has 0 atom stereocenters. The van der Waals surface area contributed by atoms with Gasteiger partial charge in [0.15, 0.2) is 5.88 Å². The van der Waals surface area contributed by atoms with Crippen LogP contribution in [-0.4, -0.2) is 9.67 Å². The summed E-state index contributed by atoms with van der Waals surface area (Å²) < 4.78 is 7.51. The van der Waals surface area contributed by atoms with Gasteiger partial charge in [0.2, 0.25) is 0 Å². The maximum atomic E-state index is 9.28. The molecule has 2 heterocycles. The molecule has 2 aromatic rings. The summed E-state index contributed by atoms with van der Waals surface area (Å²) in [4.78, 5) is 0. The van der Waals surface area contributed by atoms with Crippen LogP contribution in [0, 0.1) is 0 Å². The van der Waals surface area contributed by atoms with E-state index in [4.69, 9.17) is 4.74 Å². The number of para-hydroxylation sites is 1. The molecule has 0 spiro atoms. The van der Waals surface area contributed by atoms with Gasteiger partial charge in [-0.05, 0) is 30.2 Å². The predicted octanol–water partition coefficient (Wildman–Crippen LogP) is 2.63. The van der Waals surface area contributed by atoms with Crippen molar-refractivity contribution >= 4 is 5.88 Å². The van der Waals surface area contributed by atoms with E-state index in [0.29, 0.717) is 0 Å². The van der Waals surface area contributed by atoms with E-state index in [1.807, 2.05) is 24.3 Å². The maximum Gasteiger partial charge on any atom is 0.200 e. The SMILES string of the molecule is Oc1ccn(C2=CCc3ccccc3O2)c1. The van der Waals surface area contributed by atoms with Gasteiger partial charge in [-0.15, -0.1) is 0 Å². The Hall–Kier alpha value is -2.16. The van der Waals surface area contributed by atoms with Crippen molar-refractivity contribution in [1.82, 2.24) is 4.57 Å². The highest BCUT2D eigenvalue weighted by molar-refractivity contribution is 5.51. The molecule has 0 unspecified atom stereocenters. The summed E-state index contributed by atoms with van der Waals surface area (Å²) in [5, 5.41) is 9.28. The van der Waals surface area contributed by atoms with Gasteiger partial charge in [0, 0.05) is 6.20 Å². The minimum Gasteiger partial charge on any atom is -0.506 e. The molecule has 3 heteroatoms. The second-order valence-corrected chi connectivity index (χ2v) is 3.73. The summed E-state index contributed by atoms with van der Waals surface area (Å²) in [6, 6.07) is 9.59. The van der Waals surface area contributed by atoms with Gasteiger partial charge >= 0.3 is 0 Å². The van der Waals surface area contributed by atoms with E-state index in [0.717, 1.165) is 18.1 Å². The first-order valence-electron chi connectivity index (χ1n) is 5.16. The van der Waals surface area contributed by atoms with Crippen LogP contribution in [0.25, 0.3) is 5.88 Å². The molecule has 3 nitrogen and oxygen atoms in total. The van der Waals surface area contributed by atoms with Crippen LogP contribution in [0.4, 0.5) is 0 Å². The molecule has 1 aliphatic heterocycles. The summed E-state index contributed by atoms with van der Waals surface area (Å²) in [6.45, 7) is 0. The van der Waals surface area contributed by atoms with Crippen molar-refractivity contribution in [2.24, 2.45) is 0 Å². The second kappa shape index (κ2) is 3.45. The molecule has 3 rings (SSSR count). The third kappa shape index (κ3) is 1.46. The van der Waals surface area contributed by atoms with Crippen LogP contribution in [-0.2, 0) is 6.42 Å². The van der Waals surface area contributed by atoms with Crippen LogP contribution < -0.4 is 4.74 Å². The fraction of sp³-hybridized carbons (Fsp3) is 0.0769. The molecule has 1 aromatic carbocycles. The first-order chi connectivity index (χ1) is 7.83. The Kier molecular flexibility index (Phi) is 1.96. The molecule has 1 aromatic heterocycles. The van der Waals surface area contributed by atoms with Gasteiger partial charge in [-0.2, -0.15) is 0 Å². The number of ether oxygens (including phenoxy) is 1. The first-order valence-corrected chi connectivity index (χ1v) is 5.16. The van der Waals surface area contributed by atoms with Gasteiger partial charge in [0.1, 0.15) is 11.5 Å². The van der Waals surface area contributed by atoms with Crippen molar-refractivity contribution in [3.63, 3.8) is 0 Å². The van der Waals surface area contributed by atoms with Crippen LogP contribution in [0.5, 0.6) is 11.5 Å². The van der Waals surface area contributed by atoms with Crippen LogP contribution in [0.15, 0.2) is 48.8 Å². The zero-order valence-electron chi connectivity index (χ0n) is 8.63. The van der Waals surface area contributed by atoms with Gasteiger partial charge in [-0.25, -0.2) is 0 Å².